The lowest BCUT2D eigenvalue weighted by molar-refractivity contribution is 0.266. The number of nitrogens with zero attached hydrogens (tertiary/aromatic N) is 4. The number of hydrogen-bond acceptors (Lipinski definition) is 7. The molecule has 1 unspecified atom stereocenters. The summed E-state index contributed by atoms with van der Waals surface area (Å²) in [4.78, 5) is 15.5. The first-order valence-corrected chi connectivity index (χ1v) is 9.33. The summed E-state index contributed by atoms with van der Waals surface area (Å²) in [6.45, 7) is 3.30. The standard InChI is InChI=1S/C16H16BrN5OS/c17-11-6-14-15(20-7-11)21-16(24-14)22-5-4-19-8-12(22)10-23-13-2-1-3-18-9-13/h1-3,6-7,9,12,19H,4-5,8,10H2. The third kappa shape index (κ3) is 3.35. The van der Waals surface area contributed by atoms with E-state index in [9.17, 15) is 0 Å². The third-order valence-corrected chi connectivity index (χ3v) is 5.34. The SMILES string of the molecule is Brc1cnc2nc(N3CCNCC3COc3cccnc3)sc2c1. The molecule has 1 N–H and O–H groups in total. The maximum atomic E-state index is 5.90. The predicted molar refractivity (Wildman–Crippen MR) is 98.9 cm³/mol. The molecule has 3 aromatic rings. The molecule has 1 atom stereocenters. The Kier molecular flexibility index (Phi) is 4.59. The maximum Gasteiger partial charge on any atom is 0.188 e. The van der Waals surface area contributed by atoms with E-state index >= 15 is 0 Å². The van der Waals surface area contributed by atoms with Crippen LogP contribution in [-0.2, 0) is 0 Å². The molecular formula is C16H16BrN5OS. The molecule has 0 bridgehead atoms. The summed E-state index contributed by atoms with van der Waals surface area (Å²) in [5, 5.41) is 4.43. The fourth-order valence-electron chi connectivity index (χ4n) is 2.69. The molecule has 0 spiro atoms. The first kappa shape index (κ1) is 15.7. The van der Waals surface area contributed by atoms with Crippen LogP contribution in [0.4, 0.5) is 5.13 Å². The summed E-state index contributed by atoms with van der Waals surface area (Å²) in [5.74, 6) is 0.790. The number of halogens is 1. The second kappa shape index (κ2) is 7.00. The summed E-state index contributed by atoms with van der Waals surface area (Å²) in [7, 11) is 0. The lowest BCUT2D eigenvalue weighted by atomic mass is 10.2. The number of pyridine rings is 2. The van der Waals surface area contributed by atoms with Crippen LogP contribution in [0.5, 0.6) is 5.75 Å². The van der Waals surface area contributed by atoms with Crippen molar-refractivity contribution in [3.05, 3.63) is 41.3 Å². The maximum absolute atomic E-state index is 5.90. The Balaban J connectivity index is 1.54. The first-order valence-electron chi connectivity index (χ1n) is 7.72. The quantitative estimate of drug-likeness (QED) is 0.719. The predicted octanol–water partition coefficient (Wildman–Crippen LogP) is 2.71. The summed E-state index contributed by atoms with van der Waals surface area (Å²) >= 11 is 5.14. The normalized spacial score (nSPS) is 18.0. The Morgan fingerprint density at radius 1 is 1.42 bits per heavy atom. The molecule has 0 amide bonds. The van der Waals surface area contributed by atoms with Gasteiger partial charge in [-0.3, -0.25) is 4.98 Å². The molecular weight excluding hydrogens is 390 g/mol. The monoisotopic (exact) mass is 405 g/mol. The van der Waals surface area contributed by atoms with Gasteiger partial charge in [0, 0.05) is 36.5 Å². The molecule has 1 saturated heterocycles. The van der Waals surface area contributed by atoms with E-state index in [0.717, 1.165) is 45.3 Å². The Hall–Kier alpha value is -1.77. The van der Waals surface area contributed by atoms with Gasteiger partial charge >= 0.3 is 0 Å². The number of anilines is 1. The van der Waals surface area contributed by atoms with Crippen LogP contribution in [0.25, 0.3) is 10.3 Å². The van der Waals surface area contributed by atoms with Gasteiger partial charge in [-0.25, -0.2) is 4.98 Å². The minimum absolute atomic E-state index is 0.225. The molecule has 1 fully saturated rings. The molecule has 124 valence electrons. The van der Waals surface area contributed by atoms with Crippen LogP contribution < -0.4 is 15.0 Å². The van der Waals surface area contributed by atoms with Crippen LogP contribution in [0.3, 0.4) is 0 Å². The summed E-state index contributed by atoms with van der Waals surface area (Å²) in [6, 6.07) is 6.09. The van der Waals surface area contributed by atoms with E-state index in [1.54, 1.807) is 29.9 Å². The van der Waals surface area contributed by atoms with E-state index in [1.165, 1.54) is 0 Å². The lowest BCUT2D eigenvalue weighted by Crippen LogP contribution is -2.54. The highest BCUT2D eigenvalue weighted by Crippen LogP contribution is 2.31. The fourth-order valence-corrected chi connectivity index (χ4v) is 4.24. The average molecular weight is 406 g/mol. The van der Waals surface area contributed by atoms with E-state index in [0.29, 0.717) is 6.61 Å². The lowest BCUT2D eigenvalue weighted by Gasteiger charge is -2.35. The smallest absolute Gasteiger partial charge is 0.188 e. The molecule has 6 nitrogen and oxygen atoms in total. The van der Waals surface area contributed by atoms with Crippen molar-refractivity contribution in [1.29, 1.82) is 0 Å². The molecule has 0 radical (unpaired) electrons. The van der Waals surface area contributed by atoms with Gasteiger partial charge in [-0.2, -0.15) is 4.98 Å². The Morgan fingerprint density at radius 2 is 2.38 bits per heavy atom. The topological polar surface area (TPSA) is 63.2 Å². The van der Waals surface area contributed by atoms with E-state index in [-0.39, 0.29) is 6.04 Å². The highest BCUT2D eigenvalue weighted by atomic mass is 79.9. The Bertz CT molecular complexity index is 828. The summed E-state index contributed by atoms with van der Waals surface area (Å²) in [6.07, 6.45) is 5.26. The van der Waals surface area contributed by atoms with Gasteiger partial charge in [0.2, 0.25) is 0 Å². The van der Waals surface area contributed by atoms with Crippen molar-refractivity contribution >= 4 is 42.7 Å². The molecule has 0 aromatic carbocycles. The van der Waals surface area contributed by atoms with Crippen molar-refractivity contribution in [2.75, 3.05) is 31.1 Å². The Morgan fingerprint density at radius 3 is 3.25 bits per heavy atom. The van der Waals surface area contributed by atoms with E-state index in [2.05, 4.69) is 42.2 Å². The van der Waals surface area contributed by atoms with Crippen molar-refractivity contribution in [2.45, 2.75) is 6.04 Å². The largest absolute Gasteiger partial charge is 0.490 e. The number of fused-ring (bicyclic) bond motifs is 1. The van der Waals surface area contributed by atoms with Crippen LogP contribution in [0.1, 0.15) is 0 Å². The number of aromatic nitrogens is 3. The van der Waals surface area contributed by atoms with Gasteiger partial charge in [-0.15, -0.1) is 0 Å². The molecule has 3 aromatic heterocycles. The zero-order chi connectivity index (χ0) is 16.4. The number of nitrogens with one attached hydrogen (secondary N) is 1. The molecule has 1 aliphatic rings. The minimum atomic E-state index is 0.225. The van der Waals surface area contributed by atoms with Gasteiger partial charge in [-0.05, 0) is 34.1 Å². The second-order valence-electron chi connectivity index (χ2n) is 5.52. The van der Waals surface area contributed by atoms with Crippen LogP contribution in [0.2, 0.25) is 0 Å². The highest BCUT2D eigenvalue weighted by molar-refractivity contribution is 9.10. The molecule has 1 aliphatic heterocycles. The number of piperazine rings is 1. The number of rotatable bonds is 4. The zero-order valence-electron chi connectivity index (χ0n) is 12.9. The van der Waals surface area contributed by atoms with Gasteiger partial charge in [0.1, 0.15) is 12.4 Å². The minimum Gasteiger partial charge on any atom is -0.490 e. The molecule has 0 saturated carbocycles. The van der Waals surface area contributed by atoms with Crippen molar-refractivity contribution < 1.29 is 4.74 Å². The van der Waals surface area contributed by atoms with Crippen molar-refractivity contribution in [1.82, 2.24) is 20.3 Å². The van der Waals surface area contributed by atoms with E-state index in [4.69, 9.17) is 9.72 Å². The average Bonchev–Trinajstić information content (AvgIpc) is 3.04. The fraction of sp³-hybridized carbons (Fsp3) is 0.312. The van der Waals surface area contributed by atoms with E-state index < -0.39 is 0 Å². The van der Waals surface area contributed by atoms with Crippen molar-refractivity contribution in [2.24, 2.45) is 0 Å². The van der Waals surface area contributed by atoms with E-state index in [1.807, 2.05) is 12.1 Å². The van der Waals surface area contributed by atoms with Gasteiger partial charge in [0.05, 0.1) is 16.9 Å². The molecule has 0 aliphatic carbocycles. The van der Waals surface area contributed by atoms with Crippen LogP contribution >= 0.6 is 27.3 Å². The van der Waals surface area contributed by atoms with Gasteiger partial charge in [-0.1, -0.05) is 11.3 Å². The third-order valence-electron chi connectivity index (χ3n) is 3.88. The van der Waals surface area contributed by atoms with Crippen LogP contribution in [-0.4, -0.2) is 47.2 Å². The Labute approximate surface area is 152 Å². The molecule has 4 rings (SSSR count). The zero-order valence-corrected chi connectivity index (χ0v) is 15.3. The second-order valence-corrected chi connectivity index (χ2v) is 7.45. The summed E-state index contributed by atoms with van der Waals surface area (Å²) < 4.78 is 7.96. The molecule has 24 heavy (non-hydrogen) atoms. The summed E-state index contributed by atoms with van der Waals surface area (Å²) in [5.41, 5.74) is 0.795. The number of ether oxygens (including phenoxy) is 1. The van der Waals surface area contributed by atoms with Gasteiger partial charge in [0.25, 0.3) is 0 Å². The van der Waals surface area contributed by atoms with Crippen LogP contribution in [0.15, 0.2) is 41.3 Å². The van der Waals surface area contributed by atoms with Crippen LogP contribution in [0, 0.1) is 0 Å². The molecule has 4 heterocycles. The number of hydrogen-bond donors (Lipinski definition) is 1. The molecule has 8 heteroatoms. The van der Waals surface area contributed by atoms with Crippen molar-refractivity contribution in [3.8, 4) is 5.75 Å². The first-order chi connectivity index (χ1) is 11.8. The van der Waals surface area contributed by atoms with Crippen molar-refractivity contribution in [3.63, 3.8) is 0 Å². The number of thiazole rings is 1. The van der Waals surface area contributed by atoms with Gasteiger partial charge in [0.15, 0.2) is 10.8 Å². The van der Waals surface area contributed by atoms with Gasteiger partial charge < -0.3 is 15.0 Å². The highest BCUT2D eigenvalue weighted by Gasteiger charge is 2.26.